The van der Waals surface area contributed by atoms with E-state index in [0.717, 1.165) is 5.82 Å². The van der Waals surface area contributed by atoms with E-state index in [9.17, 15) is 9.90 Å². The van der Waals surface area contributed by atoms with E-state index in [1.54, 1.807) is 11.5 Å². The van der Waals surface area contributed by atoms with Crippen LogP contribution >= 0.6 is 0 Å². The number of aryl methyl sites for hydroxylation is 1. The first-order chi connectivity index (χ1) is 7.84. The summed E-state index contributed by atoms with van der Waals surface area (Å²) >= 11 is 0. The summed E-state index contributed by atoms with van der Waals surface area (Å²) in [6.07, 6.45) is 0.591. The molecule has 0 spiro atoms. The molecular weight excluding hydrogens is 218 g/mol. The van der Waals surface area contributed by atoms with Gasteiger partial charge in [0.25, 0.3) is 0 Å². The largest absolute Gasteiger partial charge is 0.480 e. The molecule has 0 radical (unpaired) electrons. The smallest absolute Gasteiger partial charge is 0.326 e. The summed E-state index contributed by atoms with van der Waals surface area (Å²) in [4.78, 5) is 11.4. The minimum Gasteiger partial charge on any atom is -0.480 e. The number of hydrogen-bond donors (Lipinski definition) is 1. The molecule has 0 aliphatic heterocycles. The third-order valence-electron chi connectivity index (χ3n) is 2.70. The van der Waals surface area contributed by atoms with E-state index >= 15 is 0 Å². The van der Waals surface area contributed by atoms with Crippen LogP contribution in [-0.2, 0) is 4.79 Å². The fourth-order valence-electron chi connectivity index (χ4n) is 1.93. The average Bonchev–Trinajstić information content (AvgIpc) is 2.56. The van der Waals surface area contributed by atoms with Gasteiger partial charge >= 0.3 is 5.97 Å². The molecule has 0 saturated carbocycles. The van der Waals surface area contributed by atoms with Crippen LogP contribution < -0.4 is 0 Å². The van der Waals surface area contributed by atoms with Crippen LogP contribution in [0.15, 0.2) is 0 Å². The second-order valence-corrected chi connectivity index (χ2v) is 5.11. The maximum Gasteiger partial charge on any atom is 0.326 e. The summed E-state index contributed by atoms with van der Waals surface area (Å²) in [6.45, 7) is 9.83. The predicted molar refractivity (Wildman–Crippen MR) is 65.0 cm³/mol. The van der Waals surface area contributed by atoms with Crippen molar-refractivity contribution in [3.63, 3.8) is 0 Å². The van der Waals surface area contributed by atoms with Crippen LogP contribution in [0.2, 0.25) is 0 Å². The number of carbonyl (C=O) groups is 1. The van der Waals surface area contributed by atoms with Gasteiger partial charge < -0.3 is 9.67 Å². The Bertz CT molecular complexity index is 396. The molecule has 0 aliphatic rings. The van der Waals surface area contributed by atoms with Gasteiger partial charge in [0.1, 0.15) is 17.7 Å². The Morgan fingerprint density at radius 2 is 1.88 bits per heavy atom. The van der Waals surface area contributed by atoms with Gasteiger partial charge in [-0.1, -0.05) is 27.7 Å². The summed E-state index contributed by atoms with van der Waals surface area (Å²) in [5, 5.41) is 17.4. The minimum atomic E-state index is -0.816. The maximum atomic E-state index is 11.4. The molecule has 0 bridgehead atoms. The van der Waals surface area contributed by atoms with Crippen LogP contribution in [0.4, 0.5) is 0 Å². The Morgan fingerprint density at radius 1 is 1.29 bits per heavy atom. The van der Waals surface area contributed by atoms with Crippen LogP contribution in [-0.4, -0.2) is 25.8 Å². The Labute approximate surface area is 102 Å². The molecule has 1 N–H and O–H groups in total. The van der Waals surface area contributed by atoms with E-state index in [2.05, 4.69) is 10.2 Å². The lowest BCUT2D eigenvalue weighted by atomic mass is 10.0. The van der Waals surface area contributed by atoms with Crippen molar-refractivity contribution in [1.29, 1.82) is 0 Å². The van der Waals surface area contributed by atoms with Gasteiger partial charge in [-0.15, -0.1) is 10.2 Å². The summed E-state index contributed by atoms with van der Waals surface area (Å²) in [5.74, 6) is 1.09. The zero-order valence-corrected chi connectivity index (χ0v) is 11.1. The first-order valence-electron chi connectivity index (χ1n) is 5.98. The molecule has 0 fully saturated rings. The summed E-state index contributed by atoms with van der Waals surface area (Å²) in [7, 11) is 0. The zero-order chi connectivity index (χ0) is 13.2. The summed E-state index contributed by atoms with van der Waals surface area (Å²) < 4.78 is 1.76. The van der Waals surface area contributed by atoms with E-state index in [0.29, 0.717) is 18.2 Å². The number of rotatable bonds is 5. The van der Waals surface area contributed by atoms with Crippen LogP contribution in [0.3, 0.4) is 0 Å². The van der Waals surface area contributed by atoms with Crippen molar-refractivity contribution in [1.82, 2.24) is 14.8 Å². The first kappa shape index (κ1) is 13.7. The van der Waals surface area contributed by atoms with E-state index in [1.165, 1.54) is 0 Å². The molecule has 1 unspecified atom stereocenters. The molecule has 1 aromatic heterocycles. The van der Waals surface area contributed by atoms with Crippen molar-refractivity contribution in [3.8, 4) is 0 Å². The molecule has 5 heteroatoms. The Hall–Kier alpha value is -1.39. The third kappa shape index (κ3) is 3.05. The predicted octanol–water partition coefficient (Wildman–Crippen LogP) is 2.38. The highest BCUT2D eigenvalue weighted by Gasteiger charge is 2.26. The van der Waals surface area contributed by atoms with E-state index in [-0.39, 0.29) is 5.92 Å². The van der Waals surface area contributed by atoms with Gasteiger partial charge in [0.2, 0.25) is 0 Å². The maximum absolute atomic E-state index is 11.4. The van der Waals surface area contributed by atoms with Crippen molar-refractivity contribution in [3.05, 3.63) is 11.6 Å². The number of carboxylic acids is 1. The Balaban J connectivity index is 3.17. The van der Waals surface area contributed by atoms with Crippen molar-refractivity contribution in [2.24, 2.45) is 5.92 Å². The second-order valence-electron chi connectivity index (χ2n) is 5.11. The SMILES string of the molecule is Cc1nnc(C(C)C)n1C(CC(C)C)C(=O)O. The van der Waals surface area contributed by atoms with Gasteiger partial charge in [-0.3, -0.25) is 0 Å². The van der Waals surface area contributed by atoms with Gasteiger partial charge in [-0.2, -0.15) is 0 Å². The van der Waals surface area contributed by atoms with E-state index in [4.69, 9.17) is 0 Å². The zero-order valence-electron chi connectivity index (χ0n) is 11.1. The molecule has 5 nitrogen and oxygen atoms in total. The van der Waals surface area contributed by atoms with Crippen LogP contribution in [0.5, 0.6) is 0 Å². The minimum absolute atomic E-state index is 0.171. The van der Waals surface area contributed by atoms with Crippen LogP contribution in [0.1, 0.15) is 57.7 Å². The summed E-state index contributed by atoms with van der Waals surface area (Å²) in [6, 6.07) is -0.567. The van der Waals surface area contributed by atoms with Gasteiger partial charge in [0.15, 0.2) is 0 Å². The molecule has 0 saturated heterocycles. The number of nitrogens with zero attached hydrogens (tertiary/aromatic N) is 3. The van der Waals surface area contributed by atoms with Crippen molar-refractivity contribution < 1.29 is 9.90 Å². The molecule has 1 aromatic rings. The molecule has 1 heterocycles. The topological polar surface area (TPSA) is 68.0 Å². The molecule has 0 aromatic carbocycles. The monoisotopic (exact) mass is 239 g/mol. The standard InChI is InChI=1S/C12H21N3O2/c1-7(2)6-10(12(16)17)15-9(5)13-14-11(15)8(3)4/h7-8,10H,6H2,1-5H3,(H,16,17). The van der Waals surface area contributed by atoms with Gasteiger partial charge in [-0.25, -0.2) is 4.79 Å². The number of carboxylic acid groups (broad SMARTS) is 1. The fraction of sp³-hybridized carbons (Fsp3) is 0.750. The Kier molecular flexibility index (Phi) is 4.26. The molecule has 17 heavy (non-hydrogen) atoms. The van der Waals surface area contributed by atoms with Crippen molar-refractivity contribution in [2.45, 2.75) is 53.0 Å². The highest BCUT2D eigenvalue weighted by Crippen LogP contribution is 2.24. The van der Waals surface area contributed by atoms with Crippen LogP contribution in [0.25, 0.3) is 0 Å². The fourth-order valence-corrected chi connectivity index (χ4v) is 1.93. The average molecular weight is 239 g/mol. The highest BCUT2D eigenvalue weighted by molar-refractivity contribution is 5.72. The molecular formula is C12H21N3O2. The quantitative estimate of drug-likeness (QED) is 0.856. The van der Waals surface area contributed by atoms with Crippen molar-refractivity contribution >= 4 is 5.97 Å². The van der Waals surface area contributed by atoms with Gasteiger partial charge in [-0.05, 0) is 19.3 Å². The lowest BCUT2D eigenvalue weighted by Crippen LogP contribution is -2.24. The van der Waals surface area contributed by atoms with Crippen LogP contribution in [0, 0.1) is 12.8 Å². The molecule has 0 amide bonds. The normalized spacial score (nSPS) is 13.4. The number of hydrogen-bond acceptors (Lipinski definition) is 3. The first-order valence-corrected chi connectivity index (χ1v) is 5.98. The lowest BCUT2D eigenvalue weighted by Gasteiger charge is -2.20. The van der Waals surface area contributed by atoms with Crippen molar-refractivity contribution in [2.75, 3.05) is 0 Å². The highest BCUT2D eigenvalue weighted by atomic mass is 16.4. The van der Waals surface area contributed by atoms with E-state index < -0.39 is 12.0 Å². The Morgan fingerprint density at radius 3 is 2.29 bits per heavy atom. The second kappa shape index (κ2) is 5.29. The lowest BCUT2D eigenvalue weighted by molar-refractivity contribution is -0.141. The molecule has 96 valence electrons. The third-order valence-corrected chi connectivity index (χ3v) is 2.70. The molecule has 1 rings (SSSR count). The molecule has 1 atom stereocenters. The molecule has 0 aliphatic carbocycles. The van der Waals surface area contributed by atoms with Gasteiger partial charge in [0, 0.05) is 5.92 Å². The van der Waals surface area contributed by atoms with E-state index in [1.807, 2.05) is 27.7 Å². The number of aliphatic carboxylic acids is 1. The summed E-state index contributed by atoms with van der Waals surface area (Å²) in [5.41, 5.74) is 0. The number of aromatic nitrogens is 3. The van der Waals surface area contributed by atoms with Gasteiger partial charge in [0.05, 0.1) is 0 Å².